The molecule has 1 atom stereocenters. The Bertz CT molecular complexity index is 794. The maximum absolute atomic E-state index is 12.8. The van der Waals surface area contributed by atoms with Gasteiger partial charge in [0.2, 0.25) is 5.91 Å². The molecule has 1 unspecified atom stereocenters. The molecule has 0 aromatic heterocycles. The van der Waals surface area contributed by atoms with Crippen LogP contribution in [0.25, 0.3) is 0 Å². The molecule has 124 valence electrons. The van der Waals surface area contributed by atoms with Gasteiger partial charge in [-0.3, -0.25) is 9.59 Å². The quantitative estimate of drug-likeness (QED) is 0.689. The number of hydrogen-bond donors (Lipinski definition) is 0. The molecule has 24 heavy (non-hydrogen) atoms. The Morgan fingerprint density at radius 2 is 1.71 bits per heavy atom. The van der Waals surface area contributed by atoms with Crippen LogP contribution in [0.5, 0.6) is 0 Å². The maximum atomic E-state index is 12.8. The standard InChI is InChI=1S/C18H16Br2N2O2/c1-12-17(23)22(16-7-3-6-15(20)11-16)9-8-21(12)18(24)13-4-2-5-14(19)10-13/h2-7,10-12H,8-9H2,1H3. The lowest BCUT2D eigenvalue weighted by atomic mass is 10.1. The fourth-order valence-electron chi connectivity index (χ4n) is 2.84. The van der Waals surface area contributed by atoms with Gasteiger partial charge in [0.15, 0.2) is 0 Å². The van der Waals surface area contributed by atoms with Crippen LogP contribution in [-0.2, 0) is 4.79 Å². The smallest absolute Gasteiger partial charge is 0.254 e. The summed E-state index contributed by atoms with van der Waals surface area (Å²) in [5.74, 6) is -0.186. The van der Waals surface area contributed by atoms with Crippen LogP contribution in [0.4, 0.5) is 5.69 Å². The Morgan fingerprint density at radius 1 is 1.04 bits per heavy atom. The van der Waals surface area contributed by atoms with Crippen molar-refractivity contribution in [2.75, 3.05) is 18.0 Å². The van der Waals surface area contributed by atoms with Gasteiger partial charge >= 0.3 is 0 Å². The first kappa shape index (κ1) is 17.2. The van der Waals surface area contributed by atoms with Gasteiger partial charge in [0.1, 0.15) is 6.04 Å². The molecule has 3 rings (SSSR count). The van der Waals surface area contributed by atoms with Crippen molar-refractivity contribution >= 4 is 49.4 Å². The number of rotatable bonds is 2. The van der Waals surface area contributed by atoms with E-state index in [1.165, 1.54) is 0 Å². The van der Waals surface area contributed by atoms with Crippen molar-refractivity contribution in [2.45, 2.75) is 13.0 Å². The predicted molar refractivity (Wildman–Crippen MR) is 101 cm³/mol. The Morgan fingerprint density at radius 3 is 2.38 bits per heavy atom. The number of amides is 2. The zero-order chi connectivity index (χ0) is 17.3. The second-order valence-corrected chi connectivity index (χ2v) is 7.49. The van der Waals surface area contributed by atoms with E-state index in [-0.39, 0.29) is 11.8 Å². The lowest BCUT2D eigenvalue weighted by molar-refractivity contribution is -0.124. The molecule has 1 aliphatic rings. The Hall–Kier alpha value is -1.66. The van der Waals surface area contributed by atoms with Crippen molar-refractivity contribution in [1.29, 1.82) is 0 Å². The van der Waals surface area contributed by atoms with E-state index in [0.717, 1.165) is 14.6 Å². The fourth-order valence-corrected chi connectivity index (χ4v) is 3.62. The first-order valence-corrected chi connectivity index (χ1v) is 9.19. The third-order valence-electron chi connectivity index (χ3n) is 4.11. The van der Waals surface area contributed by atoms with E-state index in [4.69, 9.17) is 0 Å². The van der Waals surface area contributed by atoms with Crippen molar-refractivity contribution in [3.05, 3.63) is 63.0 Å². The van der Waals surface area contributed by atoms with E-state index < -0.39 is 6.04 Å². The number of halogens is 2. The van der Waals surface area contributed by atoms with Crippen LogP contribution in [0.2, 0.25) is 0 Å². The lowest BCUT2D eigenvalue weighted by Crippen LogP contribution is -2.57. The highest BCUT2D eigenvalue weighted by atomic mass is 79.9. The van der Waals surface area contributed by atoms with E-state index in [0.29, 0.717) is 18.7 Å². The third kappa shape index (κ3) is 3.39. The van der Waals surface area contributed by atoms with E-state index in [2.05, 4.69) is 31.9 Å². The molecule has 6 heteroatoms. The van der Waals surface area contributed by atoms with Crippen molar-refractivity contribution in [2.24, 2.45) is 0 Å². The van der Waals surface area contributed by atoms with Crippen molar-refractivity contribution in [3.63, 3.8) is 0 Å². The van der Waals surface area contributed by atoms with Crippen LogP contribution in [0, 0.1) is 0 Å². The average Bonchev–Trinajstić information content (AvgIpc) is 2.56. The van der Waals surface area contributed by atoms with Gasteiger partial charge < -0.3 is 9.80 Å². The summed E-state index contributed by atoms with van der Waals surface area (Å²) in [6, 6.07) is 14.4. The summed E-state index contributed by atoms with van der Waals surface area (Å²) >= 11 is 6.81. The molecule has 0 saturated carbocycles. The summed E-state index contributed by atoms with van der Waals surface area (Å²) in [4.78, 5) is 28.9. The molecule has 0 N–H and O–H groups in total. The molecule has 2 amide bonds. The Labute approximate surface area is 157 Å². The molecule has 0 aliphatic carbocycles. The predicted octanol–water partition coefficient (Wildman–Crippen LogP) is 4.09. The van der Waals surface area contributed by atoms with Crippen LogP contribution in [0.3, 0.4) is 0 Å². The van der Waals surface area contributed by atoms with E-state index in [9.17, 15) is 9.59 Å². The van der Waals surface area contributed by atoms with Crippen molar-refractivity contribution in [3.8, 4) is 0 Å². The molecule has 1 aliphatic heterocycles. The van der Waals surface area contributed by atoms with Gasteiger partial charge in [-0.15, -0.1) is 0 Å². The van der Waals surface area contributed by atoms with E-state index >= 15 is 0 Å². The first-order chi connectivity index (χ1) is 11.5. The van der Waals surface area contributed by atoms with E-state index in [1.54, 1.807) is 28.9 Å². The number of carbonyl (C=O) groups is 2. The molecule has 2 aromatic carbocycles. The number of carbonyl (C=O) groups excluding carboxylic acids is 2. The maximum Gasteiger partial charge on any atom is 0.254 e. The zero-order valence-corrected chi connectivity index (χ0v) is 16.2. The third-order valence-corrected chi connectivity index (χ3v) is 5.09. The minimum Gasteiger partial charge on any atom is -0.325 e. The molecule has 0 spiro atoms. The molecule has 2 aromatic rings. The number of anilines is 1. The van der Waals surface area contributed by atoms with Gasteiger partial charge in [-0.25, -0.2) is 0 Å². The minimum atomic E-state index is -0.496. The van der Waals surface area contributed by atoms with Gasteiger partial charge in [-0.05, 0) is 43.3 Å². The van der Waals surface area contributed by atoms with Crippen molar-refractivity contribution in [1.82, 2.24) is 4.90 Å². The van der Waals surface area contributed by atoms with Gasteiger partial charge in [0.05, 0.1) is 0 Å². The second-order valence-electron chi connectivity index (χ2n) is 5.65. The van der Waals surface area contributed by atoms with E-state index in [1.807, 2.05) is 36.4 Å². The van der Waals surface area contributed by atoms with Gasteiger partial charge in [-0.1, -0.05) is 44.0 Å². The summed E-state index contributed by atoms with van der Waals surface area (Å²) in [5.41, 5.74) is 1.43. The van der Waals surface area contributed by atoms with Crippen LogP contribution in [0.1, 0.15) is 17.3 Å². The average molecular weight is 452 g/mol. The summed E-state index contributed by atoms with van der Waals surface area (Å²) in [6.07, 6.45) is 0. The largest absolute Gasteiger partial charge is 0.325 e. The van der Waals surface area contributed by atoms with Crippen LogP contribution >= 0.6 is 31.9 Å². The lowest BCUT2D eigenvalue weighted by Gasteiger charge is -2.39. The van der Waals surface area contributed by atoms with Gasteiger partial charge in [0, 0.05) is 33.3 Å². The number of piperazine rings is 1. The monoisotopic (exact) mass is 450 g/mol. The highest BCUT2D eigenvalue weighted by Gasteiger charge is 2.35. The van der Waals surface area contributed by atoms with Gasteiger partial charge in [-0.2, -0.15) is 0 Å². The fraction of sp³-hybridized carbons (Fsp3) is 0.222. The molecular weight excluding hydrogens is 436 g/mol. The summed E-state index contributed by atoms with van der Waals surface area (Å²) < 4.78 is 1.77. The van der Waals surface area contributed by atoms with Crippen LogP contribution in [0.15, 0.2) is 57.5 Å². The Balaban J connectivity index is 1.81. The topological polar surface area (TPSA) is 40.6 Å². The molecule has 0 bridgehead atoms. The summed E-state index contributed by atoms with van der Waals surface area (Å²) in [7, 11) is 0. The molecular formula is C18H16Br2N2O2. The molecule has 4 nitrogen and oxygen atoms in total. The number of hydrogen-bond acceptors (Lipinski definition) is 2. The number of benzene rings is 2. The highest BCUT2D eigenvalue weighted by molar-refractivity contribution is 9.10. The summed E-state index contributed by atoms with van der Waals surface area (Å²) in [5, 5.41) is 0. The molecule has 0 radical (unpaired) electrons. The normalized spacial score (nSPS) is 18.0. The van der Waals surface area contributed by atoms with Crippen LogP contribution < -0.4 is 4.90 Å². The molecule has 1 heterocycles. The molecule has 1 saturated heterocycles. The Kier molecular flexibility index (Phi) is 5.06. The van der Waals surface area contributed by atoms with Crippen molar-refractivity contribution < 1.29 is 9.59 Å². The van der Waals surface area contributed by atoms with Gasteiger partial charge in [0.25, 0.3) is 5.91 Å². The summed E-state index contributed by atoms with van der Waals surface area (Å²) in [6.45, 7) is 2.77. The highest BCUT2D eigenvalue weighted by Crippen LogP contribution is 2.25. The zero-order valence-electron chi connectivity index (χ0n) is 13.1. The SMILES string of the molecule is CC1C(=O)N(c2cccc(Br)c2)CCN1C(=O)c1cccc(Br)c1. The number of nitrogens with zero attached hydrogens (tertiary/aromatic N) is 2. The van der Waals surface area contributed by atoms with Crippen LogP contribution in [-0.4, -0.2) is 35.8 Å². The molecule has 1 fully saturated rings. The minimum absolute atomic E-state index is 0.0669. The first-order valence-electron chi connectivity index (χ1n) is 7.61. The second kappa shape index (κ2) is 7.07.